The Bertz CT molecular complexity index is 346. The van der Waals surface area contributed by atoms with Gasteiger partial charge in [0.25, 0.3) is 0 Å². The lowest BCUT2D eigenvalue weighted by Crippen LogP contribution is -1.93. The molecular weight excluding hydrogens is 204 g/mol. The van der Waals surface area contributed by atoms with Gasteiger partial charge in [0.05, 0.1) is 11.3 Å². The number of thioether (sulfide) groups is 1. The minimum atomic E-state index is -0.110. The van der Waals surface area contributed by atoms with Crippen LogP contribution in [0.5, 0.6) is 0 Å². The lowest BCUT2D eigenvalue weighted by Gasteiger charge is -2.06. The Morgan fingerprint density at radius 1 is 1.62 bits per heavy atom. The maximum absolute atomic E-state index is 8.61. The quantitative estimate of drug-likeness (QED) is 0.606. The van der Waals surface area contributed by atoms with E-state index in [1.165, 1.54) is 11.8 Å². The Hall–Kier alpha value is -0.850. The summed E-state index contributed by atoms with van der Waals surface area (Å²) in [5.41, 5.74) is 6.37. The number of halogens is 1. The molecule has 0 saturated heterocycles. The van der Waals surface area contributed by atoms with E-state index in [4.69, 9.17) is 22.6 Å². The Kier molecular flexibility index (Phi) is 3.47. The summed E-state index contributed by atoms with van der Waals surface area (Å²) in [5.74, 6) is 0. The molecule has 1 unspecified atom stereocenters. The average molecular weight is 213 g/mol. The number of hydrogen-bond donors (Lipinski definition) is 1. The van der Waals surface area contributed by atoms with E-state index in [0.29, 0.717) is 10.7 Å². The van der Waals surface area contributed by atoms with Crippen molar-refractivity contribution in [3.63, 3.8) is 0 Å². The lowest BCUT2D eigenvalue weighted by molar-refractivity contribution is 1.23. The molecule has 2 nitrogen and oxygen atoms in total. The molecule has 0 bridgehead atoms. The highest BCUT2D eigenvalue weighted by Gasteiger charge is 2.06. The van der Waals surface area contributed by atoms with E-state index in [1.807, 2.05) is 6.92 Å². The number of benzene rings is 1. The second-order valence-electron chi connectivity index (χ2n) is 2.57. The zero-order chi connectivity index (χ0) is 9.84. The molecule has 0 saturated carbocycles. The van der Waals surface area contributed by atoms with E-state index < -0.39 is 0 Å². The molecule has 1 atom stereocenters. The second kappa shape index (κ2) is 4.40. The summed E-state index contributed by atoms with van der Waals surface area (Å²) in [6.07, 6.45) is 0. The van der Waals surface area contributed by atoms with E-state index in [9.17, 15) is 0 Å². The summed E-state index contributed by atoms with van der Waals surface area (Å²) >= 11 is 7.21. The normalized spacial score (nSPS) is 12.1. The topological polar surface area (TPSA) is 49.8 Å². The van der Waals surface area contributed by atoms with Crippen LogP contribution in [0.25, 0.3) is 0 Å². The molecule has 0 heterocycles. The molecule has 0 aromatic heterocycles. The zero-order valence-electron chi connectivity index (χ0n) is 7.12. The molecule has 0 aliphatic carbocycles. The Morgan fingerprint density at radius 3 is 2.92 bits per heavy atom. The molecule has 68 valence electrons. The third-order valence-corrected chi connectivity index (χ3v) is 2.76. The smallest absolute Gasteiger partial charge is 0.0936 e. The van der Waals surface area contributed by atoms with Crippen LogP contribution in [-0.4, -0.2) is 5.25 Å². The van der Waals surface area contributed by atoms with E-state index in [0.717, 1.165) is 4.90 Å². The summed E-state index contributed by atoms with van der Waals surface area (Å²) in [5, 5.41) is 9.14. The minimum absolute atomic E-state index is 0.110. The summed E-state index contributed by atoms with van der Waals surface area (Å²) in [4.78, 5) is 0.863. The SMILES string of the molecule is CC(C#N)Sc1cc(Cl)ccc1N. The van der Waals surface area contributed by atoms with Gasteiger partial charge in [0, 0.05) is 15.6 Å². The standard InChI is InChI=1S/C9H9ClN2S/c1-6(5-11)13-9-4-7(10)2-3-8(9)12/h2-4,6H,12H2,1H3. The first-order valence-electron chi connectivity index (χ1n) is 3.75. The van der Waals surface area contributed by atoms with Crippen LogP contribution in [-0.2, 0) is 0 Å². The van der Waals surface area contributed by atoms with E-state index >= 15 is 0 Å². The van der Waals surface area contributed by atoms with Crippen molar-refractivity contribution in [1.82, 2.24) is 0 Å². The number of anilines is 1. The van der Waals surface area contributed by atoms with Crippen molar-refractivity contribution in [2.24, 2.45) is 0 Å². The first-order valence-corrected chi connectivity index (χ1v) is 5.00. The van der Waals surface area contributed by atoms with Gasteiger partial charge >= 0.3 is 0 Å². The lowest BCUT2D eigenvalue weighted by atomic mass is 10.3. The Labute approximate surface area is 86.7 Å². The monoisotopic (exact) mass is 212 g/mol. The van der Waals surface area contributed by atoms with Crippen LogP contribution in [0.15, 0.2) is 23.1 Å². The fourth-order valence-corrected chi connectivity index (χ4v) is 1.90. The molecule has 0 aliphatic heterocycles. The van der Waals surface area contributed by atoms with Gasteiger partial charge in [0.15, 0.2) is 0 Å². The van der Waals surface area contributed by atoms with Crippen molar-refractivity contribution in [3.05, 3.63) is 23.2 Å². The molecule has 2 N–H and O–H groups in total. The Morgan fingerprint density at radius 2 is 2.31 bits per heavy atom. The predicted octanol–water partition coefficient (Wildman–Crippen LogP) is 2.93. The van der Waals surface area contributed by atoms with Gasteiger partial charge in [-0.1, -0.05) is 11.6 Å². The fraction of sp³-hybridized carbons (Fsp3) is 0.222. The second-order valence-corrected chi connectivity index (χ2v) is 4.39. The van der Waals surface area contributed by atoms with Crippen molar-refractivity contribution < 1.29 is 0 Å². The third kappa shape index (κ3) is 2.83. The summed E-state index contributed by atoms with van der Waals surface area (Å²) < 4.78 is 0. The number of hydrogen-bond acceptors (Lipinski definition) is 3. The minimum Gasteiger partial charge on any atom is -0.398 e. The molecule has 1 rings (SSSR count). The molecule has 0 fully saturated rings. The molecular formula is C9H9ClN2S. The van der Waals surface area contributed by atoms with Crippen molar-refractivity contribution in [2.45, 2.75) is 17.1 Å². The molecule has 13 heavy (non-hydrogen) atoms. The van der Waals surface area contributed by atoms with E-state index in [2.05, 4.69) is 6.07 Å². The van der Waals surface area contributed by atoms with Crippen LogP contribution in [0.3, 0.4) is 0 Å². The van der Waals surface area contributed by atoms with E-state index in [1.54, 1.807) is 18.2 Å². The fourth-order valence-electron chi connectivity index (χ4n) is 0.827. The number of nitriles is 1. The van der Waals surface area contributed by atoms with Crippen molar-refractivity contribution >= 4 is 29.1 Å². The number of nitrogens with zero attached hydrogens (tertiary/aromatic N) is 1. The van der Waals surface area contributed by atoms with Gasteiger partial charge in [-0.15, -0.1) is 11.8 Å². The molecule has 0 aliphatic rings. The average Bonchev–Trinajstić information content (AvgIpc) is 2.11. The highest BCUT2D eigenvalue weighted by atomic mass is 35.5. The molecule has 0 radical (unpaired) electrons. The Balaban J connectivity index is 2.88. The molecule has 1 aromatic carbocycles. The molecule has 0 amide bonds. The number of nitrogen functional groups attached to an aromatic ring is 1. The van der Waals surface area contributed by atoms with Gasteiger partial charge in [-0.3, -0.25) is 0 Å². The summed E-state index contributed by atoms with van der Waals surface area (Å²) in [7, 11) is 0. The molecule has 1 aromatic rings. The first kappa shape index (κ1) is 10.2. The predicted molar refractivity (Wildman–Crippen MR) is 56.8 cm³/mol. The van der Waals surface area contributed by atoms with Crippen molar-refractivity contribution in [3.8, 4) is 6.07 Å². The van der Waals surface area contributed by atoms with Crippen molar-refractivity contribution in [1.29, 1.82) is 5.26 Å². The van der Waals surface area contributed by atoms with Crippen LogP contribution in [0.2, 0.25) is 5.02 Å². The van der Waals surface area contributed by atoms with Crippen LogP contribution in [0, 0.1) is 11.3 Å². The van der Waals surface area contributed by atoms with Gasteiger partial charge in [0.2, 0.25) is 0 Å². The van der Waals surface area contributed by atoms with Crippen LogP contribution in [0.1, 0.15) is 6.92 Å². The van der Waals surface area contributed by atoms with Gasteiger partial charge in [-0.05, 0) is 25.1 Å². The van der Waals surface area contributed by atoms with Crippen molar-refractivity contribution in [2.75, 3.05) is 5.73 Å². The maximum atomic E-state index is 8.61. The van der Waals surface area contributed by atoms with Gasteiger partial charge in [-0.25, -0.2) is 0 Å². The molecule has 4 heteroatoms. The summed E-state index contributed by atoms with van der Waals surface area (Å²) in [6.45, 7) is 1.82. The van der Waals surface area contributed by atoms with Gasteiger partial charge in [-0.2, -0.15) is 5.26 Å². The number of rotatable bonds is 2. The largest absolute Gasteiger partial charge is 0.398 e. The highest BCUT2D eigenvalue weighted by molar-refractivity contribution is 8.00. The van der Waals surface area contributed by atoms with Gasteiger partial charge in [0.1, 0.15) is 0 Å². The first-order chi connectivity index (χ1) is 6.13. The zero-order valence-corrected chi connectivity index (χ0v) is 8.69. The van der Waals surface area contributed by atoms with Crippen LogP contribution in [0.4, 0.5) is 5.69 Å². The van der Waals surface area contributed by atoms with Gasteiger partial charge < -0.3 is 5.73 Å². The molecule has 0 spiro atoms. The third-order valence-electron chi connectivity index (χ3n) is 1.46. The van der Waals surface area contributed by atoms with Crippen LogP contribution >= 0.6 is 23.4 Å². The van der Waals surface area contributed by atoms with Crippen LogP contribution < -0.4 is 5.73 Å². The maximum Gasteiger partial charge on any atom is 0.0936 e. The number of nitrogens with two attached hydrogens (primary N) is 1. The van der Waals surface area contributed by atoms with E-state index in [-0.39, 0.29) is 5.25 Å². The summed E-state index contributed by atoms with van der Waals surface area (Å²) in [6, 6.07) is 7.38. The highest BCUT2D eigenvalue weighted by Crippen LogP contribution is 2.30.